The zero-order chi connectivity index (χ0) is 24.4. The van der Waals surface area contributed by atoms with E-state index in [1.807, 2.05) is 48.5 Å². The number of rotatable bonds is 10. The van der Waals surface area contributed by atoms with Gasteiger partial charge in [-0.3, -0.25) is 0 Å². The quantitative estimate of drug-likeness (QED) is 0.205. The van der Waals surface area contributed by atoms with Gasteiger partial charge in [-0.1, -0.05) is 133 Å². The van der Waals surface area contributed by atoms with E-state index in [0.29, 0.717) is 13.2 Å². The van der Waals surface area contributed by atoms with Crippen LogP contribution in [0.15, 0.2) is 146 Å². The molecule has 0 atom stereocenters. The van der Waals surface area contributed by atoms with Gasteiger partial charge >= 0.3 is 0 Å². The molecule has 0 bridgehead atoms. The third-order valence-corrected chi connectivity index (χ3v) is 6.47. The first-order chi connectivity index (χ1) is 17.9. The highest BCUT2D eigenvalue weighted by Crippen LogP contribution is 2.32. The van der Waals surface area contributed by atoms with Crippen molar-refractivity contribution >= 4 is 0 Å². The second-order valence-electron chi connectivity index (χ2n) is 8.82. The molecule has 5 rings (SSSR count). The summed E-state index contributed by atoms with van der Waals surface area (Å²) in [6.45, 7) is 1.05. The molecule has 0 spiro atoms. The predicted octanol–water partition coefficient (Wildman–Crippen LogP) is 8.11. The van der Waals surface area contributed by atoms with Crippen LogP contribution < -0.4 is 9.47 Å². The van der Waals surface area contributed by atoms with Crippen molar-refractivity contribution in [3.05, 3.63) is 168 Å². The average Bonchev–Trinajstić information content (AvgIpc) is 2.96. The van der Waals surface area contributed by atoms with Crippen molar-refractivity contribution in [3.63, 3.8) is 0 Å². The standard InChI is InChI=1S/C34H30O2/c1-5-15-27(16-6-1)31(28-17-7-2-8-18-28)25-35-33-23-13-14-24-34(33)36-26-32(29-19-9-3-10-20-29)30-21-11-4-12-22-30/h1-24,31-32H,25-26H2. The van der Waals surface area contributed by atoms with Gasteiger partial charge in [-0.2, -0.15) is 0 Å². The van der Waals surface area contributed by atoms with Crippen molar-refractivity contribution in [2.75, 3.05) is 13.2 Å². The van der Waals surface area contributed by atoms with E-state index in [1.165, 1.54) is 22.3 Å². The van der Waals surface area contributed by atoms with E-state index in [1.54, 1.807) is 0 Å². The van der Waals surface area contributed by atoms with Crippen LogP contribution in [-0.4, -0.2) is 13.2 Å². The van der Waals surface area contributed by atoms with Gasteiger partial charge in [-0.15, -0.1) is 0 Å². The van der Waals surface area contributed by atoms with Crippen molar-refractivity contribution < 1.29 is 9.47 Å². The minimum absolute atomic E-state index is 0.127. The number of hydrogen-bond donors (Lipinski definition) is 0. The van der Waals surface area contributed by atoms with Crippen molar-refractivity contribution in [3.8, 4) is 11.5 Å². The first-order valence-corrected chi connectivity index (χ1v) is 12.4. The fourth-order valence-electron chi connectivity index (χ4n) is 4.55. The Morgan fingerprint density at radius 1 is 0.333 bits per heavy atom. The van der Waals surface area contributed by atoms with E-state index in [4.69, 9.17) is 9.47 Å². The Labute approximate surface area is 213 Å². The third-order valence-electron chi connectivity index (χ3n) is 6.47. The molecule has 0 aliphatic rings. The highest BCUT2D eigenvalue weighted by atomic mass is 16.5. The van der Waals surface area contributed by atoms with E-state index in [0.717, 1.165) is 11.5 Å². The summed E-state index contributed by atoms with van der Waals surface area (Å²) in [6.07, 6.45) is 0. The van der Waals surface area contributed by atoms with Gasteiger partial charge in [0.15, 0.2) is 11.5 Å². The summed E-state index contributed by atoms with van der Waals surface area (Å²) in [6, 6.07) is 50.1. The smallest absolute Gasteiger partial charge is 0.161 e. The van der Waals surface area contributed by atoms with Crippen molar-refractivity contribution in [1.29, 1.82) is 0 Å². The van der Waals surface area contributed by atoms with Gasteiger partial charge in [-0.05, 0) is 34.4 Å². The lowest BCUT2D eigenvalue weighted by atomic mass is 9.92. The number of hydrogen-bond acceptors (Lipinski definition) is 2. The van der Waals surface area contributed by atoms with Gasteiger partial charge < -0.3 is 9.47 Å². The Kier molecular flexibility index (Phi) is 7.75. The van der Waals surface area contributed by atoms with Crippen molar-refractivity contribution in [2.45, 2.75) is 11.8 Å². The molecule has 5 aromatic rings. The zero-order valence-electron chi connectivity index (χ0n) is 20.2. The van der Waals surface area contributed by atoms with Crippen LogP contribution in [0.25, 0.3) is 0 Å². The van der Waals surface area contributed by atoms with Crippen molar-refractivity contribution in [2.24, 2.45) is 0 Å². The van der Waals surface area contributed by atoms with E-state index >= 15 is 0 Å². The topological polar surface area (TPSA) is 18.5 Å². The lowest BCUT2D eigenvalue weighted by Crippen LogP contribution is -2.14. The first-order valence-electron chi connectivity index (χ1n) is 12.4. The molecule has 0 N–H and O–H groups in total. The van der Waals surface area contributed by atoms with E-state index in [2.05, 4.69) is 97.1 Å². The van der Waals surface area contributed by atoms with Crippen LogP contribution >= 0.6 is 0 Å². The molecule has 36 heavy (non-hydrogen) atoms. The molecular weight excluding hydrogens is 440 g/mol. The van der Waals surface area contributed by atoms with Crippen LogP contribution in [0.2, 0.25) is 0 Å². The maximum atomic E-state index is 6.43. The van der Waals surface area contributed by atoms with E-state index in [-0.39, 0.29) is 11.8 Å². The summed E-state index contributed by atoms with van der Waals surface area (Å²) in [7, 11) is 0. The molecule has 2 nitrogen and oxygen atoms in total. The van der Waals surface area contributed by atoms with E-state index in [9.17, 15) is 0 Å². The highest BCUT2D eigenvalue weighted by Gasteiger charge is 2.18. The summed E-state index contributed by atoms with van der Waals surface area (Å²) in [5.41, 5.74) is 4.93. The second kappa shape index (κ2) is 11.9. The van der Waals surface area contributed by atoms with Crippen LogP contribution in [-0.2, 0) is 0 Å². The fourth-order valence-corrected chi connectivity index (χ4v) is 4.55. The third kappa shape index (κ3) is 5.84. The molecule has 0 heterocycles. The van der Waals surface area contributed by atoms with Crippen LogP contribution in [0.1, 0.15) is 34.1 Å². The maximum Gasteiger partial charge on any atom is 0.161 e. The summed E-state index contributed by atoms with van der Waals surface area (Å²) >= 11 is 0. The molecule has 0 aromatic heterocycles. The Bertz CT molecular complexity index is 1130. The SMILES string of the molecule is c1ccc(C(COc2ccccc2OCC(c2ccccc2)c2ccccc2)c2ccccc2)cc1. The molecular formula is C34H30O2. The maximum absolute atomic E-state index is 6.43. The molecule has 2 heteroatoms. The molecule has 0 fully saturated rings. The molecule has 178 valence electrons. The Morgan fingerprint density at radius 3 is 0.861 bits per heavy atom. The summed E-state index contributed by atoms with van der Waals surface area (Å²) < 4.78 is 12.9. The molecule has 0 unspecified atom stereocenters. The van der Waals surface area contributed by atoms with Gasteiger partial charge in [0.2, 0.25) is 0 Å². The summed E-state index contributed by atoms with van der Waals surface area (Å²) in [4.78, 5) is 0. The van der Waals surface area contributed by atoms with Crippen LogP contribution in [0.5, 0.6) is 11.5 Å². The molecule has 0 aliphatic heterocycles. The number of benzene rings is 5. The molecule has 0 aliphatic carbocycles. The van der Waals surface area contributed by atoms with Gasteiger partial charge in [0, 0.05) is 11.8 Å². The Hall–Kier alpha value is -4.30. The second-order valence-corrected chi connectivity index (χ2v) is 8.82. The van der Waals surface area contributed by atoms with Crippen LogP contribution in [0, 0.1) is 0 Å². The largest absolute Gasteiger partial charge is 0.489 e. The molecule has 5 aromatic carbocycles. The van der Waals surface area contributed by atoms with Crippen molar-refractivity contribution in [1.82, 2.24) is 0 Å². The molecule has 0 saturated heterocycles. The van der Waals surface area contributed by atoms with Crippen LogP contribution in [0.3, 0.4) is 0 Å². The number of ether oxygens (including phenoxy) is 2. The van der Waals surface area contributed by atoms with Gasteiger partial charge in [0.25, 0.3) is 0 Å². The first kappa shape index (κ1) is 23.4. The van der Waals surface area contributed by atoms with Gasteiger partial charge in [0.1, 0.15) is 0 Å². The monoisotopic (exact) mass is 470 g/mol. The van der Waals surface area contributed by atoms with E-state index < -0.39 is 0 Å². The fraction of sp³-hybridized carbons (Fsp3) is 0.118. The minimum atomic E-state index is 0.127. The van der Waals surface area contributed by atoms with Gasteiger partial charge in [-0.25, -0.2) is 0 Å². The molecule has 0 radical (unpaired) electrons. The summed E-state index contributed by atoms with van der Waals surface area (Å²) in [5.74, 6) is 1.77. The predicted molar refractivity (Wildman–Crippen MR) is 147 cm³/mol. The molecule has 0 amide bonds. The van der Waals surface area contributed by atoms with Crippen LogP contribution in [0.4, 0.5) is 0 Å². The molecule has 0 saturated carbocycles. The minimum Gasteiger partial charge on any atom is -0.489 e. The summed E-state index contributed by atoms with van der Waals surface area (Å²) in [5, 5.41) is 0. The highest BCUT2D eigenvalue weighted by molar-refractivity contribution is 5.41. The normalized spacial score (nSPS) is 10.9. The lowest BCUT2D eigenvalue weighted by Gasteiger charge is -2.22. The Balaban J connectivity index is 1.35. The zero-order valence-corrected chi connectivity index (χ0v) is 20.2. The Morgan fingerprint density at radius 2 is 0.583 bits per heavy atom. The number of para-hydroxylation sites is 2. The average molecular weight is 471 g/mol. The lowest BCUT2D eigenvalue weighted by molar-refractivity contribution is 0.256. The van der Waals surface area contributed by atoms with Gasteiger partial charge in [0.05, 0.1) is 13.2 Å².